The predicted octanol–water partition coefficient (Wildman–Crippen LogP) is 2.89. The molecule has 2 heterocycles. The molecule has 1 aromatic heterocycles. The Morgan fingerprint density at radius 3 is 2.10 bits per heavy atom. The lowest BCUT2D eigenvalue weighted by atomic mass is 10.1. The van der Waals surface area contributed by atoms with Crippen molar-refractivity contribution in [1.29, 1.82) is 0 Å². The summed E-state index contributed by atoms with van der Waals surface area (Å²) in [6, 6.07) is 6.52. The fraction of sp³-hybridized carbons (Fsp3) is 0.267. The lowest BCUT2D eigenvalue weighted by molar-refractivity contribution is 0.0551. The van der Waals surface area contributed by atoms with Crippen LogP contribution in [0, 0.1) is 0 Å². The Hall–Kier alpha value is -1.95. The van der Waals surface area contributed by atoms with E-state index in [1.54, 1.807) is 35.1 Å². The van der Waals surface area contributed by atoms with Gasteiger partial charge in [0.1, 0.15) is 0 Å². The maximum absolute atomic E-state index is 12.5. The van der Waals surface area contributed by atoms with Gasteiger partial charge in [0.15, 0.2) is 0 Å². The van der Waals surface area contributed by atoms with E-state index in [0.29, 0.717) is 11.1 Å². The number of aromatic nitrogens is 2. The first-order chi connectivity index (χ1) is 10.0. The van der Waals surface area contributed by atoms with Gasteiger partial charge in [0.25, 0.3) is 11.8 Å². The highest BCUT2D eigenvalue weighted by molar-refractivity contribution is 9.10. The summed E-state index contributed by atoms with van der Waals surface area (Å²) in [4.78, 5) is 26.2. The topological polar surface area (TPSA) is 55.2 Å². The second kappa shape index (κ2) is 5.11. The summed E-state index contributed by atoms with van der Waals surface area (Å²) in [6.07, 6.45) is 3.52. The molecule has 1 aromatic carbocycles. The zero-order chi connectivity index (χ0) is 15.1. The number of rotatable bonds is 3. The molecule has 108 valence electrons. The highest BCUT2D eigenvalue weighted by Gasteiger charge is 2.40. The molecule has 21 heavy (non-hydrogen) atoms. The van der Waals surface area contributed by atoms with Crippen molar-refractivity contribution >= 4 is 27.7 Å². The predicted molar refractivity (Wildman–Crippen MR) is 81.0 cm³/mol. The number of halogens is 1. The smallest absolute Gasteiger partial charge is 0.261 e. The lowest BCUT2D eigenvalue weighted by Gasteiger charge is -2.28. The van der Waals surface area contributed by atoms with Gasteiger partial charge in [0, 0.05) is 6.20 Å². The largest absolute Gasteiger partial charge is 0.269 e. The molecule has 2 unspecified atom stereocenters. The normalized spacial score (nSPS) is 17.0. The van der Waals surface area contributed by atoms with Gasteiger partial charge in [-0.25, -0.2) is 0 Å². The highest BCUT2D eigenvalue weighted by atomic mass is 79.9. The second-order valence-corrected chi connectivity index (χ2v) is 6.06. The van der Waals surface area contributed by atoms with Crippen molar-refractivity contribution in [3.8, 4) is 0 Å². The van der Waals surface area contributed by atoms with Gasteiger partial charge in [-0.2, -0.15) is 5.10 Å². The number of carbonyl (C=O) groups excluding carboxylic acids is 2. The maximum Gasteiger partial charge on any atom is 0.261 e. The molecule has 2 aromatic rings. The van der Waals surface area contributed by atoms with Crippen molar-refractivity contribution in [3.63, 3.8) is 0 Å². The number of imide groups is 1. The van der Waals surface area contributed by atoms with Gasteiger partial charge in [0.05, 0.1) is 33.9 Å². The van der Waals surface area contributed by atoms with Crippen LogP contribution in [0.1, 0.15) is 40.6 Å². The van der Waals surface area contributed by atoms with Crippen LogP contribution in [0.15, 0.2) is 41.1 Å². The zero-order valence-corrected chi connectivity index (χ0v) is 13.2. The van der Waals surface area contributed by atoms with E-state index in [1.807, 2.05) is 20.0 Å². The van der Waals surface area contributed by atoms with E-state index in [-0.39, 0.29) is 23.9 Å². The van der Waals surface area contributed by atoms with Crippen molar-refractivity contribution in [3.05, 3.63) is 52.3 Å². The first-order valence-corrected chi connectivity index (χ1v) is 7.46. The summed E-state index contributed by atoms with van der Waals surface area (Å²) in [6.45, 7) is 3.80. The molecule has 3 rings (SSSR count). The Labute approximate surface area is 130 Å². The van der Waals surface area contributed by atoms with Crippen molar-refractivity contribution in [2.75, 3.05) is 0 Å². The zero-order valence-electron chi connectivity index (χ0n) is 11.7. The van der Waals surface area contributed by atoms with Crippen LogP contribution in [-0.2, 0) is 0 Å². The van der Waals surface area contributed by atoms with Crippen LogP contribution < -0.4 is 0 Å². The van der Waals surface area contributed by atoms with E-state index < -0.39 is 0 Å². The summed E-state index contributed by atoms with van der Waals surface area (Å²) in [7, 11) is 0. The molecule has 1 aliphatic rings. The van der Waals surface area contributed by atoms with Gasteiger partial charge in [0.2, 0.25) is 0 Å². The molecular weight excluding hydrogens is 334 g/mol. The molecule has 0 N–H and O–H groups in total. The van der Waals surface area contributed by atoms with Gasteiger partial charge in [-0.05, 0) is 41.9 Å². The number of benzene rings is 1. The van der Waals surface area contributed by atoms with Crippen molar-refractivity contribution in [2.45, 2.75) is 25.9 Å². The lowest BCUT2D eigenvalue weighted by Crippen LogP contribution is -2.42. The molecule has 1 aliphatic heterocycles. The Kier molecular flexibility index (Phi) is 3.41. The van der Waals surface area contributed by atoms with E-state index in [1.165, 1.54) is 4.90 Å². The summed E-state index contributed by atoms with van der Waals surface area (Å²) in [5.74, 6) is -0.470. The Morgan fingerprint density at radius 1 is 1.05 bits per heavy atom. The minimum atomic E-state index is -0.288. The number of carbonyl (C=O) groups is 2. The Bertz CT molecular complexity index is 690. The summed E-state index contributed by atoms with van der Waals surface area (Å²) in [5.41, 5.74) is 0.950. The van der Waals surface area contributed by atoms with E-state index >= 15 is 0 Å². The van der Waals surface area contributed by atoms with Crippen LogP contribution >= 0.6 is 15.9 Å². The van der Waals surface area contributed by atoms with Crippen molar-refractivity contribution in [1.82, 2.24) is 14.7 Å². The summed E-state index contributed by atoms with van der Waals surface area (Å²) >= 11 is 3.35. The van der Waals surface area contributed by atoms with Crippen LogP contribution in [0.3, 0.4) is 0 Å². The van der Waals surface area contributed by atoms with E-state index in [9.17, 15) is 9.59 Å². The first-order valence-electron chi connectivity index (χ1n) is 6.67. The summed E-state index contributed by atoms with van der Waals surface area (Å²) < 4.78 is 2.61. The van der Waals surface area contributed by atoms with Crippen molar-refractivity contribution < 1.29 is 9.59 Å². The Balaban J connectivity index is 1.91. The quantitative estimate of drug-likeness (QED) is 0.802. The van der Waals surface area contributed by atoms with Crippen LogP contribution in [0.4, 0.5) is 0 Å². The van der Waals surface area contributed by atoms with Gasteiger partial charge in [-0.3, -0.25) is 19.2 Å². The molecule has 0 aliphatic carbocycles. The average molecular weight is 348 g/mol. The van der Waals surface area contributed by atoms with E-state index in [0.717, 1.165) is 4.47 Å². The molecule has 0 saturated heterocycles. The van der Waals surface area contributed by atoms with Crippen LogP contribution in [0.5, 0.6) is 0 Å². The number of fused-ring (bicyclic) bond motifs is 1. The molecule has 5 nitrogen and oxygen atoms in total. The number of hydrogen-bond acceptors (Lipinski definition) is 3. The first kappa shape index (κ1) is 14.0. The summed E-state index contributed by atoms with van der Waals surface area (Å²) in [5, 5.41) is 4.23. The molecule has 0 saturated carbocycles. The Morgan fingerprint density at radius 2 is 1.62 bits per heavy atom. The van der Waals surface area contributed by atoms with Crippen LogP contribution in [0.25, 0.3) is 0 Å². The van der Waals surface area contributed by atoms with E-state index in [2.05, 4.69) is 21.0 Å². The number of nitrogens with zero attached hydrogens (tertiary/aromatic N) is 3. The number of amides is 2. The average Bonchev–Trinajstić information content (AvgIpc) is 3.02. The van der Waals surface area contributed by atoms with Gasteiger partial charge in [-0.1, -0.05) is 12.1 Å². The standard InChI is InChI=1S/C15H14BrN3O2/c1-9(18-8-11(16)7-17-18)10(2)19-14(20)12-5-3-4-6-13(12)15(19)21/h3-10H,1-2H3. The van der Waals surface area contributed by atoms with Crippen LogP contribution in [-0.4, -0.2) is 32.5 Å². The molecule has 0 bridgehead atoms. The SMILES string of the molecule is CC(C(C)n1cc(Br)cn1)N1C(=O)c2ccccc2C1=O. The minimum absolute atomic E-state index is 0.112. The van der Waals surface area contributed by atoms with Crippen molar-refractivity contribution in [2.24, 2.45) is 0 Å². The van der Waals surface area contributed by atoms with Gasteiger partial charge >= 0.3 is 0 Å². The van der Waals surface area contributed by atoms with E-state index in [4.69, 9.17) is 0 Å². The van der Waals surface area contributed by atoms with Gasteiger partial charge in [-0.15, -0.1) is 0 Å². The second-order valence-electron chi connectivity index (χ2n) is 5.15. The molecule has 0 spiro atoms. The molecule has 0 fully saturated rings. The fourth-order valence-corrected chi connectivity index (χ4v) is 2.85. The third-order valence-corrected chi connectivity index (χ3v) is 4.33. The third kappa shape index (κ3) is 2.19. The minimum Gasteiger partial charge on any atom is -0.269 e. The monoisotopic (exact) mass is 347 g/mol. The number of hydrogen-bond donors (Lipinski definition) is 0. The fourth-order valence-electron chi connectivity index (χ4n) is 2.55. The molecule has 2 amide bonds. The van der Waals surface area contributed by atoms with Crippen LogP contribution in [0.2, 0.25) is 0 Å². The molecule has 2 atom stereocenters. The third-order valence-electron chi connectivity index (χ3n) is 3.92. The molecular formula is C15H14BrN3O2. The highest BCUT2D eigenvalue weighted by Crippen LogP contribution is 2.28. The molecule has 0 radical (unpaired) electrons. The van der Waals surface area contributed by atoms with Gasteiger partial charge < -0.3 is 0 Å². The molecule has 6 heteroatoms. The maximum atomic E-state index is 12.5.